The van der Waals surface area contributed by atoms with E-state index in [9.17, 15) is 4.79 Å². The van der Waals surface area contributed by atoms with Crippen LogP contribution in [0.5, 0.6) is 5.88 Å². The molecule has 29 heavy (non-hydrogen) atoms. The lowest BCUT2D eigenvalue weighted by Crippen LogP contribution is -2.39. The van der Waals surface area contributed by atoms with E-state index in [1.807, 2.05) is 18.2 Å². The molecule has 1 aromatic carbocycles. The molecule has 0 radical (unpaired) electrons. The summed E-state index contributed by atoms with van der Waals surface area (Å²) >= 11 is 0. The van der Waals surface area contributed by atoms with Crippen molar-refractivity contribution in [2.24, 2.45) is 5.92 Å². The summed E-state index contributed by atoms with van der Waals surface area (Å²) in [4.78, 5) is 19.6. The lowest BCUT2D eigenvalue weighted by Gasteiger charge is -2.35. The van der Waals surface area contributed by atoms with E-state index in [1.54, 1.807) is 30.2 Å². The van der Waals surface area contributed by atoms with Crippen LogP contribution in [0.4, 0.5) is 0 Å². The number of aryl methyl sites for hydroxylation is 1. The molecule has 1 aliphatic rings. The SMILES string of the molecule is Cc1nnc(C2Cc3ccccc3CN2C(=O)c2cccnc2OCC(C)C)o1. The average molecular weight is 392 g/mol. The van der Waals surface area contributed by atoms with Gasteiger partial charge in [-0.3, -0.25) is 4.79 Å². The number of amides is 1. The summed E-state index contributed by atoms with van der Waals surface area (Å²) in [6.45, 7) is 6.81. The van der Waals surface area contributed by atoms with Crippen LogP contribution >= 0.6 is 0 Å². The monoisotopic (exact) mass is 392 g/mol. The lowest BCUT2D eigenvalue weighted by molar-refractivity contribution is 0.0596. The molecular formula is C22H24N4O3. The van der Waals surface area contributed by atoms with E-state index in [2.05, 4.69) is 35.1 Å². The van der Waals surface area contributed by atoms with Crippen LogP contribution in [0.3, 0.4) is 0 Å². The fourth-order valence-electron chi connectivity index (χ4n) is 3.47. The molecule has 0 fully saturated rings. The van der Waals surface area contributed by atoms with Gasteiger partial charge < -0.3 is 14.1 Å². The molecule has 0 bridgehead atoms. The van der Waals surface area contributed by atoms with Gasteiger partial charge in [0.05, 0.1) is 6.61 Å². The topological polar surface area (TPSA) is 81.4 Å². The Hall–Kier alpha value is -3.22. The number of pyridine rings is 1. The van der Waals surface area contributed by atoms with Crippen LogP contribution in [0.25, 0.3) is 0 Å². The molecule has 1 unspecified atom stereocenters. The number of hydrogen-bond donors (Lipinski definition) is 0. The fraction of sp³-hybridized carbons (Fsp3) is 0.364. The Morgan fingerprint density at radius 3 is 2.72 bits per heavy atom. The Labute approximate surface area is 169 Å². The molecule has 150 valence electrons. The molecule has 7 nitrogen and oxygen atoms in total. The van der Waals surface area contributed by atoms with Crippen LogP contribution in [0.2, 0.25) is 0 Å². The Morgan fingerprint density at radius 2 is 2.00 bits per heavy atom. The Morgan fingerprint density at radius 1 is 1.21 bits per heavy atom. The molecule has 0 aliphatic carbocycles. The van der Waals surface area contributed by atoms with E-state index < -0.39 is 0 Å². The second-order valence-electron chi connectivity index (χ2n) is 7.64. The summed E-state index contributed by atoms with van der Waals surface area (Å²) in [6.07, 6.45) is 2.25. The maximum Gasteiger partial charge on any atom is 0.260 e. The van der Waals surface area contributed by atoms with Crippen LogP contribution in [-0.2, 0) is 13.0 Å². The molecule has 0 spiro atoms. The van der Waals surface area contributed by atoms with Gasteiger partial charge in [-0.15, -0.1) is 10.2 Å². The number of carbonyl (C=O) groups is 1. The van der Waals surface area contributed by atoms with Crippen molar-refractivity contribution in [3.63, 3.8) is 0 Å². The van der Waals surface area contributed by atoms with Gasteiger partial charge in [0.2, 0.25) is 17.7 Å². The largest absolute Gasteiger partial charge is 0.477 e. The zero-order chi connectivity index (χ0) is 20.4. The van der Waals surface area contributed by atoms with Crippen molar-refractivity contribution in [3.05, 3.63) is 71.1 Å². The molecule has 7 heteroatoms. The number of hydrogen-bond acceptors (Lipinski definition) is 6. The minimum absolute atomic E-state index is 0.160. The summed E-state index contributed by atoms with van der Waals surface area (Å²) in [7, 11) is 0. The van der Waals surface area contributed by atoms with Crippen LogP contribution in [0.15, 0.2) is 47.0 Å². The minimum Gasteiger partial charge on any atom is -0.477 e. The molecule has 1 aliphatic heterocycles. The van der Waals surface area contributed by atoms with Gasteiger partial charge in [0, 0.05) is 26.1 Å². The summed E-state index contributed by atoms with van der Waals surface area (Å²) in [5.41, 5.74) is 2.73. The second kappa shape index (κ2) is 8.03. The number of carbonyl (C=O) groups excluding carboxylic acids is 1. The van der Waals surface area contributed by atoms with Crippen molar-refractivity contribution < 1.29 is 13.9 Å². The lowest BCUT2D eigenvalue weighted by atomic mass is 9.93. The molecule has 3 heterocycles. The highest BCUT2D eigenvalue weighted by atomic mass is 16.5. The maximum absolute atomic E-state index is 13.6. The quantitative estimate of drug-likeness (QED) is 0.658. The standard InChI is InChI=1S/C22H24N4O3/c1-14(2)13-28-20-18(9-6-10-23-20)22(27)26-12-17-8-5-4-7-16(17)11-19(26)21-25-24-15(3)29-21/h4-10,14,19H,11-13H2,1-3H3. The van der Waals surface area contributed by atoms with Crippen molar-refractivity contribution in [1.82, 2.24) is 20.1 Å². The number of nitrogens with zero attached hydrogens (tertiary/aromatic N) is 4. The highest BCUT2D eigenvalue weighted by Gasteiger charge is 2.35. The highest BCUT2D eigenvalue weighted by molar-refractivity contribution is 5.96. The first-order valence-corrected chi connectivity index (χ1v) is 9.78. The van der Waals surface area contributed by atoms with Gasteiger partial charge in [-0.25, -0.2) is 4.98 Å². The summed E-state index contributed by atoms with van der Waals surface area (Å²) in [5.74, 6) is 1.45. The smallest absolute Gasteiger partial charge is 0.260 e. The number of benzene rings is 1. The molecule has 0 saturated heterocycles. The Kier molecular flexibility index (Phi) is 5.29. The van der Waals surface area contributed by atoms with Gasteiger partial charge >= 0.3 is 0 Å². The molecule has 1 amide bonds. The fourth-order valence-corrected chi connectivity index (χ4v) is 3.47. The third-order valence-corrected chi connectivity index (χ3v) is 4.89. The number of fused-ring (bicyclic) bond motifs is 1. The third kappa shape index (κ3) is 3.99. The van der Waals surface area contributed by atoms with Gasteiger partial charge in [0.15, 0.2) is 0 Å². The molecule has 3 aromatic rings. The van der Waals surface area contributed by atoms with Crippen molar-refractivity contribution in [3.8, 4) is 5.88 Å². The molecule has 1 atom stereocenters. The van der Waals surface area contributed by atoms with E-state index >= 15 is 0 Å². The van der Waals surface area contributed by atoms with E-state index in [1.165, 1.54) is 5.56 Å². The minimum atomic E-state index is -0.336. The number of rotatable bonds is 5. The highest BCUT2D eigenvalue weighted by Crippen LogP contribution is 2.34. The molecule has 4 rings (SSSR count). The normalized spacial score (nSPS) is 16.0. The summed E-state index contributed by atoms with van der Waals surface area (Å²) < 4.78 is 11.5. The van der Waals surface area contributed by atoms with Gasteiger partial charge in [-0.2, -0.15) is 0 Å². The van der Waals surface area contributed by atoms with Crippen molar-refractivity contribution in [1.29, 1.82) is 0 Å². The van der Waals surface area contributed by atoms with E-state index in [0.29, 0.717) is 48.7 Å². The second-order valence-corrected chi connectivity index (χ2v) is 7.64. The maximum atomic E-state index is 13.6. The first kappa shape index (κ1) is 19.1. The van der Waals surface area contributed by atoms with Crippen LogP contribution in [0.1, 0.15) is 53.2 Å². The van der Waals surface area contributed by atoms with Crippen LogP contribution in [-0.4, -0.2) is 32.6 Å². The molecular weight excluding hydrogens is 368 g/mol. The van der Waals surface area contributed by atoms with Gasteiger partial charge in [0.25, 0.3) is 5.91 Å². The van der Waals surface area contributed by atoms with Crippen molar-refractivity contribution in [2.45, 2.75) is 39.8 Å². The first-order chi connectivity index (χ1) is 14.0. The van der Waals surface area contributed by atoms with E-state index in [4.69, 9.17) is 9.15 Å². The summed E-state index contributed by atoms with van der Waals surface area (Å²) in [6, 6.07) is 11.3. The van der Waals surface area contributed by atoms with Gasteiger partial charge in [-0.05, 0) is 29.2 Å². The number of ether oxygens (including phenoxy) is 1. The zero-order valence-electron chi connectivity index (χ0n) is 16.8. The van der Waals surface area contributed by atoms with Crippen molar-refractivity contribution in [2.75, 3.05) is 6.61 Å². The van der Waals surface area contributed by atoms with Gasteiger partial charge in [-0.1, -0.05) is 38.1 Å². The van der Waals surface area contributed by atoms with Crippen LogP contribution < -0.4 is 4.74 Å². The predicted octanol–water partition coefficient (Wildman–Crippen LogP) is 3.75. The zero-order valence-corrected chi connectivity index (χ0v) is 16.8. The predicted molar refractivity (Wildman–Crippen MR) is 106 cm³/mol. The molecule has 0 N–H and O–H groups in total. The van der Waals surface area contributed by atoms with E-state index in [0.717, 1.165) is 5.56 Å². The third-order valence-electron chi connectivity index (χ3n) is 4.89. The molecule has 0 saturated carbocycles. The van der Waals surface area contributed by atoms with Crippen LogP contribution in [0, 0.1) is 12.8 Å². The first-order valence-electron chi connectivity index (χ1n) is 9.78. The van der Waals surface area contributed by atoms with E-state index in [-0.39, 0.29) is 11.9 Å². The molecule has 2 aromatic heterocycles. The van der Waals surface area contributed by atoms with Crippen molar-refractivity contribution >= 4 is 5.91 Å². The Balaban J connectivity index is 1.70. The average Bonchev–Trinajstić information content (AvgIpc) is 3.17. The Bertz CT molecular complexity index is 1010. The summed E-state index contributed by atoms with van der Waals surface area (Å²) in [5, 5.41) is 8.15. The van der Waals surface area contributed by atoms with Gasteiger partial charge in [0.1, 0.15) is 11.6 Å². The number of aromatic nitrogens is 3.